The van der Waals surface area contributed by atoms with Crippen LogP contribution in [0.15, 0.2) is 11.6 Å². The van der Waals surface area contributed by atoms with E-state index in [1.807, 2.05) is 0 Å². The van der Waals surface area contributed by atoms with Crippen molar-refractivity contribution in [2.45, 2.75) is 45.2 Å². The lowest BCUT2D eigenvalue weighted by molar-refractivity contribution is -0.160. The lowest BCUT2D eigenvalue weighted by atomic mass is 9.79. The van der Waals surface area contributed by atoms with E-state index in [1.165, 1.54) is 0 Å². The monoisotopic (exact) mass is 288 g/mol. The predicted octanol–water partition coefficient (Wildman–Crippen LogP) is 0.562. The Hall–Kier alpha value is -1.44. The van der Waals surface area contributed by atoms with Crippen LogP contribution in [-0.2, 0) is 14.3 Å². The van der Waals surface area contributed by atoms with Gasteiger partial charge in [0.1, 0.15) is 0 Å². The van der Waals surface area contributed by atoms with Gasteiger partial charge >= 0.3 is 11.9 Å². The molecule has 1 fully saturated rings. The fraction of sp³-hybridized carbons (Fsp3) is 0.692. The van der Waals surface area contributed by atoms with E-state index in [4.69, 9.17) is 20.4 Å². The third-order valence-electron chi connectivity index (χ3n) is 3.39. The predicted molar refractivity (Wildman–Crippen MR) is 67.6 cm³/mol. The second kappa shape index (κ2) is 7.37. The Bertz CT molecular complexity index is 382. The number of aliphatic hydroxyl groups is 2. The molecule has 0 aromatic carbocycles. The number of hydrogen-bond acceptors (Lipinski definition) is 5. The molecule has 1 aliphatic carbocycles. The Morgan fingerprint density at radius 1 is 1.10 bits per heavy atom. The topological polar surface area (TPSA) is 124 Å². The van der Waals surface area contributed by atoms with E-state index in [1.54, 1.807) is 13.0 Å². The number of aliphatic hydroxyl groups excluding tert-OH is 2. The third kappa shape index (κ3) is 4.59. The molecule has 0 bridgehead atoms. The van der Waals surface area contributed by atoms with E-state index in [-0.39, 0.29) is 0 Å². The summed E-state index contributed by atoms with van der Waals surface area (Å²) < 4.78 is 4.47. The maximum Gasteiger partial charge on any atom is 0.311 e. The average molecular weight is 288 g/mol. The molecule has 0 aromatic heterocycles. The lowest BCUT2D eigenvalue weighted by Crippen LogP contribution is -2.32. The molecule has 1 saturated heterocycles. The summed E-state index contributed by atoms with van der Waals surface area (Å²) in [5.74, 6) is -3.66. The van der Waals surface area contributed by atoms with Gasteiger partial charge in [-0.15, -0.1) is 0 Å². The van der Waals surface area contributed by atoms with Gasteiger partial charge in [-0.3, -0.25) is 9.59 Å². The lowest BCUT2D eigenvalue weighted by Gasteiger charge is -2.24. The maximum atomic E-state index is 10.8. The summed E-state index contributed by atoms with van der Waals surface area (Å²) in [6.07, 6.45) is 2.54. The van der Waals surface area contributed by atoms with Crippen molar-refractivity contribution in [3.8, 4) is 0 Å². The van der Waals surface area contributed by atoms with Gasteiger partial charge in [-0.25, -0.2) is 0 Å². The third-order valence-corrected chi connectivity index (χ3v) is 3.39. The first-order valence-electron chi connectivity index (χ1n) is 6.46. The highest BCUT2D eigenvalue weighted by atomic mass is 16.7. The molecule has 0 amide bonds. The minimum Gasteiger partial charge on any atom is -0.481 e. The molecule has 7 heteroatoms. The number of carboxylic acid groups (broad SMARTS) is 2. The first-order chi connectivity index (χ1) is 9.32. The second-order valence-electron chi connectivity index (χ2n) is 4.91. The van der Waals surface area contributed by atoms with Gasteiger partial charge in [0.05, 0.1) is 11.8 Å². The molecule has 114 valence electrons. The summed E-state index contributed by atoms with van der Waals surface area (Å²) in [7, 11) is 0. The van der Waals surface area contributed by atoms with Crippen molar-refractivity contribution in [3.05, 3.63) is 11.6 Å². The van der Waals surface area contributed by atoms with Gasteiger partial charge in [0.15, 0.2) is 12.6 Å². The first-order valence-corrected chi connectivity index (χ1v) is 6.46. The highest BCUT2D eigenvalue weighted by Crippen LogP contribution is 2.30. The smallest absolute Gasteiger partial charge is 0.311 e. The van der Waals surface area contributed by atoms with Crippen molar-refractivity contribution < 1.29 is 34.8 Å². The van der Waals surface area contributed by atoms with Crippen LogP contribution in [0.2, 0.25) is 0 Å². The molecule has 0 aromatic rings. The Morgan fingerprint density at radius 3 is 1.95 bits per heavy atom. The zero-order chi connectivity index (χ0) is 15.3. The molecule has 1 heterocycles. The summed E-state index contributed by atoms with van der Waals surface area (Å²) in [5.41, 5.74) is 0.658. The molecule has 1 aliphatic heterocycles. The van der Waals surface area contributed by atoms with Gasteiger partial charge < -0.3 is 25.2 Å². The van der Waals surface area contributed by atoms with E-state index in [2.05, 4.69) is 4.74 Å². The molecule has 4 unspecified atom stereocenters. The van der Waals surface area contributed by atoms with Crippen molar-refractivity contribution in [3.63, 3.8) is 0 Å². The van der Waals surface area contributed by atoms with Crippen LogP contribution in [0, 0.1) is 11.8 Å². The first kappa shape index (κ1) is 16.6. The highest BCUT2D eigenvalue weighted by molar-refractivity contribution is 5.82. The van der Waals surface area contributed by atoms with Crippen LogP contribution in [0.4, 0.5) is 0 Å². The quantitative estimate of drug-likeness (QED) is 0.547. The SMILES string of the molecule is CC1=CCCC(C(=O)O)C1C(=O)O.OC1CCC(O)O1. The number of carboxylic acids is 2. The zero-order valence-corrected chi connectivity index (χ0v) is 11.2. The Kier molecular flexibility index (Phi) is 6.12. The summed E-state index contributed by atoms with van der Waals surface area (Å²) in [5, 5.41) is 34.6. The number of aliphatic carboxylic acids is 2. The van der Waals surface area contributed by atoms with E-state index in [0.29, 0.717) is 31.3 Å². The zero-order valence-electron chi connectivity index (χ0n) is 11.2. The van der Waals surface area contributed by atoms with Crippen LogP contribution < -0.4 is 0 Å². The average Bonchev–Trinajstić information content (AvgIpc) is 2.73. The van der Waals surface area contributed by atoms with Gasteiger partial charge in [0, 0.05) is 12.8 Å². The molecular formula is C13H20O7. The highest BCUT2D eigenvalue weighted by Gasteiger charge is 2.36. The van der Waals surface area contributed by atoms with Gasteiger partial charge in [0.2, 0.25) is 0 Å². The summed E-state index contributed by atoms with van der Waals surface area (Å²) in [6.45, 7) is 1.67. The molecule has 7 nitrogen and oxygen atoms in total. The summed E-state index contributed by atoms with van der Waals surface area (Å²) >= 11 is 0. The molecule has 20 heavy (non-hydrogen) atoms. The largest absolute Gasteiger partial charge is 0.481 e. The minimum atomic E-state index is -1.04. The Morgan fingerprint density at radius 2 is 1.65 bits per heavy atom. The summed E-state index contributed by atoms with van der Waals surface area (Å²) in [4.78, 5) is 21.5. The van der Waals surface area contributed by atoms with E-state index < -0.39 is 36.4 Å². The van der Waals surface area contributed by atoms with Gasteiger partial charge in [-0.05, 0) is 19.8 Å². The van der Waals surface area contributed by atoms with Crippen LogP contribution in [-0.4, -0.2) is 44.9 Å². The van der Waals surface area contributed by atoms with Gasteiger partial charge in [-0.2, -0.15) is 0 Å². The number of hydrogen-bond donors (Lipinski definition) is 4. The molecule has 4 atom stereocenters. The van der Waals surface area contributed by atoms with Crippen LogP contribution in [0.25, 0.3) is 0 Å². The fourth-order valence-corrected chi connectivity index (χ4v) is 2.34. The van der Waals surface area contributed by atoms with E-state index >= 15 is 0 Å². The minimum absolute atomic E-state index is 0.420. The Balaban J connectivity index is 0.000000240. The van der Waals surface area contributed by atoms with Gasteiger partial charge in [0.25, 0.3) is 0 Å². The number of rotatable bonds is 2. The standard InChI is InChI=1S/C9H12O4.C4H8O3/c1-5-3-2-4-6(8(10)11)7(5)9(12)13;5-3-1-2-4(6)7-3/h3,6-7H,2,4H2,1H3,(H,10,11)(H,12,13);3-6H,1-2H2. The molecule has 0 saturated carbocycles. The molecule has 0 spiro atoms. The fourth-order valence-electron chi connectivity index (χ4n) is 2.34. The molecule has 0 radical (unpaired) electrons. The second-order valence-corrected chi connectivity index (χ2v) is 4.91. The van der Waals surface area contributed by atoms with Crippen molar-refractivity contribution in [2.75, 3.05) is 0 Å². The molecule has 2 rings (SSSR count). The van der Waals surface area contributed by atoms with Crippen molar-refractivity contribution >= 4 is 11.9 Å². The molecule has 4 N–H and O–H groups in total. The number of ether oxygens (including phenoxy) is 1. The van der Waals surface area contributed by atoms with Crippen LogP contribution >= 0.6 is 0 Å². The van der Waals surface area contributed by atoms with E-state index in [9.17, 15) is 9.59 Å². The number of allylic oxidation sites excluding steroid dienone is 1. The van der Waals surface area contributed by atoms with E-state index in [0.717, 1.165) is 0 Å². The van der Waals surface area contributed by atoms with Crippen molar-refractivity contribution in [1.29, 1.82) is 0 Å². The van der Waals surface area contributed by atoms with Crippen molar-refractivity contribution in [1.82, 2.24) is 0 Å². The number of carbonyl (C=O) groups is 2. The van der Waals surface area contributed by atoms with Gasteiger partial charge in [-0.1, -0.05) is 11.6 Å². The van der Waals surface area contributed by atoms with Crippen molar-refractivity contribution in [2.24, 2.45) is 11.8 Å². The molecule has 2 aliphatic rings. The van der Waals surface area contributed by atoms with Crippen LogP contribution in [0.3, 0.4) is 0 Å². The Labute approximate surface area is 116 Å². The maximum absolute atomic E-state index is 10.8. The van der Waals surface area contributed by atoms with Crippen LogP contribution in [0.1, 0.15) is 32.6 Å². The molecular weight excluding hydrogens is 268 g/mol. The summed E-state index contributed by atoms with van der Waals surface area (Å²) in [6, 6.07) is 0. The normalized spacial score (nSPS) is 32.9. The van der Waals surface area contributed by atoms with Crippen LogP contribution in [0.5, 0.6) is 0 Å².